The Bertz CT molecular complexity index is 516. The fourth-order valence-electron chi connectivity index (χ4n) is 2.70. The number of hydrogen-bond donors (Lipinski definition) is 1. The van der Waals surface area contributed by atoms with Gasteiger partial charge < -0.3 is 19.6 Å². The zero-order valence-corrected chi connectivity index (χ0v) is 12.5. The number of rotatable bonds is 2. The van der Waals surface area contributed by atoms with Gasteiger partial charge in [-0.2, -0.15) is 0 Å². The lowest BCUT2D eigenvalue weighted by Crippen LogP contribution is -2.40. The molecule has 2 rings (SSSR count). The van der Waals surface area contributed by atoms with Gasteiger partial charge in [0.05, 0.1) is 18.4 Å². The molecule has 1 amide bonds. The maximum Gasteiger partial charge on any atom is 0.255 e. The number of hydrogen-bond acceptors (Lipinski definition) is 4. The third-order valence-corrected chi connectivity index (χ3v) is 4.07. The molecule has 20 heavy (non-hydrogen) atoms. The number of benzene rings is 1. The molecule has 0 bridgehead atoms. The van der Waals surface area contributed by atoms with Crippen LogP contribution >= 0.6 is 0 Å². The van der Waals surface area contributed by atoms with Crippen LogP contribution in [0.3, 0.4) is 0 Å². The van der Waals surface area contributed by atoms with Crippen molar-refractivity contribution in [3.63, 3.8) is 0 Å². The standard InChI is InChI=1S/C15H22N2O3/c1-5-10-6-7-16(2)15(19)11-8-14(20-4)13(18)9-12(11)17(10)3/h8-10,18H,5-7H2,1-4H3. The van der Waals surface area contributed by atoms with E-state index in [9.17, 15) is 9.90 Å². The molecule has 0 saturated carbocycles. The van der Waals surface area contributed by atoms with Crippen LogP contribution in [0.4, 0.5) is 5.69 Å². The molecule has 0 saturated heterocycles. The lowest BCUT2D eigenvalue weighted by Gasteiger charge is -2.35. The first-order valence-corrected chi connectivity index (χ1v) is 6.88. The van der Waals surface area contributed by atoms with Crippen molar-refractivity contribution in [3.8, 4) is 11.5 Å². The van der Waals surface area contributed by atoms with Gasteiger partial charge in [0.1, 0.15) is 0 Å². The minimum absolute atomic E-state index is 0.0419. The van der Waals surface area contributed by atoms with E-state index in [4.69, 9.17) is 4.74 Å². The number of phenols is 1. The van der Waals surface area contributed by atoms with Crippen LogP contribution in [0, 0.1) is 0 Å². The Morgan fingerprint density at radius 3 is 2.70 bits per heavy atom. The number of carbonyl (C=O) groups is 1. The molecule has 0 aliphatic carbocycles. The third kappa shape index (κ3) is 2.40. The van der Waals surface area contributed by atoms with Crippen LogP contribution in [0.25, 0.3) is 0 Å². The number of methoxy groups -OCH3 is 1. The summed E-state index contributed by atoms with van der Waals surface area (Å²) in [5.74, 6) is 0.344. The van der Waals surface area contributed by atoms with Gasteiger partial charge in [-0.25, -0.2) is 0 Å². The average molecular weight is 278 g/mol. The van der Waals surface area contributed by atoms with Crippen LogP contribution in [-0.2, 0) is 0 Å². The summed E-state index contributed by atoms with van der Waals surface area (Å²) in [5, 5.41) is 9.98. The van der Waals surface area contributed by atoms with Crippen LogP contribution in [0.15, 0.2) is 12.1 Å². The number of fused-ring (bicyclic) bond motifs is 1. The van der Waals surface area contributed by atoms with Crippen molar-refractivity contribution in [2.24, 2.45) is 0 Å². The first kappa shape index (κ1) is 14.5. The fourth-order valence-corrected chi connectivity index (χ4v) is 2.70. The maximum atomic E-state index is 12.5. The highest BCUT2D eigenvalue weighted by molar-refractivity contribution is 6.01. The Balaban J connectivity index is 2.59. The molecule has 1 heterocycles. The first-order valence-electron chi connectivity index (χ1n) is 6.88. The van der Waals surface area contributed by atoms with E-state index in [0.29, 0.717) is 17.4 Å². The summed E-state index contributed by atoms with van der Waals surface area (Å²) in [5.41, 5.74) is 1.33. The van der Waals surface area contributed by atoms with E-state index in [1.807, 2.05) is 14.1 Å². The summed E-state index contributed by atoms with van der Waals surface area (Å²) in [7, 11) is 5.26. The van der Waals surface area contributed by atoms with E-state index in [1.54, 1.807) is 17.0 Å². The number of carbonyl (C=O) groups excluding carboxylic acids is 1. The summed E-state index contributed by atoms with van der Waals surface area (Å²) >= 11 is 0. The van der Waals surface area contributed by atoms with Gasteiger partial charge in [-0.1, -0.05) is 6.92 Å². The van der Waals surface area contributed by atoms with Crippen LogP contribution in [0.2, 0.25) is 0 Å². The van der Waals surface area contributed by atoms with Gasteiger partial charge in [0, 0.05) is 32.7 Å². The van der Waals surface area contributed by atoms with Crippen LogP contribution < -0.4 is 9.64 Å². The highest BCUT2D eigenvalue weighted by atomic mass is 16.5. The first-order chi connectivity index (χ1) is 9.49. The third-order valence-electron chi connectivity index (χ3n) is 4.07. The predicted octanol–water partition coefficient (Wildman–Crippen LogP) is 2.09. The molecule has 0 radical (unpaired) electrons. The predicted molar refractivity (Wildman–Crippen MR) is 78.7 cm³/mol. The highest BCUT2D eigenvalue weighted by Crippen LogP contribution is 2.36. The highest BCUT2D eigenvalue weighted by Gasteiger charge is 2.27. The van der Waals surface area contributed by atoms with Gasteiger partial charge in [-0.3, -0.25) is 4.79 Å². The number of ether oxygens (including phenoxy) is 1. The molecular formula is C15H22N2O3. The van der Waals surface area contributed by atoms with Gasteiger partial charge in [-0.05, 0) is 18.9 Å². The minimum Gasteiger partial charge on any atom is -0.504 e. The lowest BCUT2D eigenvalue weighted by molar-refractivity contribution is 0.0786. The molecule has 0 aromatic heterocycles. The van der Waals surface area contributed by atoms with E-state index in [1.165, 1.54) is 7.11 Å². The van der Waals surface area contributed by atoms with Gasteiger partial charge >= 0.3 is 0 Å². The molecular weight excluding hydrogens is 256 g/mol. The molecule has 1 N–H and O–H groups in total. The molecule has 5 heteroatoms. The molecule has 0 spiro atoms. The van der Waals surface area contributed by atoms with Crippen molar-refractivity contribution in [1.29, 1.82) is 0 Å². The molecule has 1 aromatic carbocycles. The van der Waals surface area contributed by atoms with Gasteiger partial charge in [0.2, 0.25) is 0 Å². The van der Waals surface area contributed by atoms with Crippen LogP contribution in [0.1, 0.15) is 30.1 Å². The monoisotopic (exact) mass is 278 g/mol. The van der Waals surface area contributed by atoms with E-state index >= 15 is 0 Å². The zero-order valence-electron chi connectivity index (χ0n) is 12.5. The molecule has 1 unspecified atom stereocenters. The molecule has 1 atom stereocenters. The number of anilines is 1. The zero-order chi connectivity index (χ0) is 14.9. The molecule has 110 valence electrons. The lowest BCUT2D eigenvalue weighted by atomic mass is 10.0. The van der Waals surface area contributed by atoms with Gasteiger partial charge in [0.25, 0.3) is 5.91 Å². The maximum absolute atomic E-state index is 12.5. The Hall–Kier alpha value is -1.91. The average Bonchev–Trinajstić information content (AvgIpc) is 2.45. The molecule has 1 aliphatic heterocycles. The molecule has 0 fully saturated rings. The summed E-state index contributed by atoms with van der Waals surface area (Å²) in [4.78, 5) is 16.3. The van der Waals surface area contributed by atoms with Crippen molar-refractivity contribution in [2.45, 2.75) is 25.8 Å². The Morgan fingerprint density at radius 2 is 2.10 bits per heavy atom. The van der Waals surface area contributed by atoms with Crippen molar-refractivity contribution < 1.29 is 14.6 Å². The van der Waals surface area contributed by atoms with Crippen molar-refractivity contribution >= 4 is 11.6 Å². The number of amides is 1. The quantitative estimate of drug-likeness (QED) is 0.900. The number of nitrogens with zero attached hydrogens (tertiary/aromatic N) is 2. The van der Waals surface area contributed by atoms with Crippen molar-refractivity contribution in [3.05, 3.63) is 17.7 Å². The normalized spacial score (nSPS) is 19.4. The summed E-state index contributed by atoms with van der Waals surface area (Å²) in [6, 6.07) is 3.59. The van der Waals surface area contributed by atoms with E-state index in [0.717, 1.165) is 25.1 Å². The van der Waals surface area contributed by atoms with Crippen LogP contribution in [-0.4, -0.2) is 49.7 Å². The van der Waals surface area contributed by atoms with Crippen LogP contribution in [0.5, 0.6) is 11.5 Å². The SMILES string of the molecule is CCC1CCN(C)C(=O)c2cc(OC)c(O)cc2N1C. The summed E-state index contributed by atoms with van der Waals surface area (Å²) in [6.07, 6.45) is 1.91. The molecule has 1 aliphatic rings. The second-order valence-electron chi connectivity index (χ2n) is 5.23. The largest absolute Gasteiger partial charge is 0.504 e. The smallest absolute Gasteiger partial charge is 0.255 e. The minimum atomic E-state index is -0.0419. The molecule has 5 nitrogen and oxygen atoms in total. The second-order valence-corrected chi connectivity index (χ2v) is 5.23. The summed E-state index contributed by atoms with van der Waals surface area (Å²) < 4.78 is 5.12. The Labute approximate surface area is 119 Å². The Kier molecular flexibility index (Phi) is 4.06. The number of phenolic OH excluding ortho intramolecular Hbond substituents is 1. The summed E-state index contributed by atoms with van der Waals surface area (Å²) in [6.45, 7) is 2.86. The van der Waals surface area contributed by atoms with Crippen molar-refractivity contribution in [2.75, 3.05) is 32.6 Å². The van der Waals surface area contributed by atoms with Crippen molar-refractivity contribution in [1.82, 2.24) is 4.90 Å². The second kappa shape index (κ2) is 5.61. The number of aromatic hydroxyl groups is 1. The fraction of sp³-hybridized carbons (Fsp3) is 0.533. The van der Waals surface area contributed by atoms with E-state index < -0.39 is 0 Å². The van der Waals surface area contributed by atoms with E-state index in [2.05, 4.69) is 11.8 Å². The van der Waals surface area contributed by atoms with Gasteiger partial charge in [-0.15, -0.1) is 0 Å². The Morgan fingerprint density at radius 1 is 1.40 bits per heavy atom. The van der Waals surface area contributed by atoms with Gasteiger partial charge in [0.15, 0.2) is 11.5 Å². The molecule has 1 aromatic rings. The topological polar surface area (TPSA) is 53.0 Å². The van der Waals surface area contributed by atoms with E-state index in [-0.39, 0.29) is 11.7 Å².